The Bertz CT molecular complexity index is 639. The molecular weight excluding hydrogens is 260 g/mol. The Kier molecular flexibility index (Phi) is 2.90. The summed E-state index contributed by atoms with van der Waals surface area (Å²) in [5.74, 6) is 0. The van der Waals surface area contributed by atoms with Crippen LogP contribution >= 0.6 is 11.3 Å². The number of nitrogen functional groups attached to an aromatic ring is 1. The number of hydrogen-bond acceptors (Lipinski definition) is 7. The number of fused-ring (bicyclic) bond motifs is 1. The summed E-state index contributed by atoms with van der Waals surface area (Å²) in [6.07, 6.45) is 1.14. The van der Waals surface area contributed by atoms with Gasteiger partial charge in [0.15, 0.2) is 5.13 Å². The molecule has 0 radical (unpaired) electrons. The minimum absolute atomic E-state index is 0.0208. The van der Waals surface area contributed by atoms with E-state index in [1.54, 1.807) is 12.1 Å². The molecule has 2 aliphatic rings. The zero-order chi connectivity index (χ0) is 13.3. The minimum Gasteiger partial charge on any atom is -0.375 e. The summed E-state index contributed by atoms with van der Waals surface area (Å²) < 4.78 is 0. The molecule has 0 unspecified atom stereocenters. The fourth-order valence-electron chi connectivity index (χ4n) is 1.26. The summed E-state index contributed by atoms with van der Waals surface area (Å²) in [4.78, 5) is 22.7. The lowest BCUT2D eigenvalue weighted by Gasteiger charge is -1.79. The lowest BCUT2D eigenvalue weighted by atomic mass is 10.5. The van der Waals surface area contributed by atoms with Crippen molar-refractivity contribution in [1.82, 2.24) is 4.98 Å². The number of aromatic nitrogens is 1. The van der Waals surface area contributed by atoms with Crippen LogP contribution in [0.1, 0.15) is 0 Å². The molecule has 9 heteroatoms. The van der Waals surface area contributed by atoms with Gasteiger partial charge in [-0.3, -0.25) is 20.2 Å². The van der Waals surface area contributed by atoms with Crippen molar-refractivity contribution in [2.45, 2.75) is 0 Å². The largest absolute Gasteiger partial charge is 0.375 e. The lowest BCUT2D eigenvalue weighted by molar-refractivity contribution is -0.383. The zero-order valence-corrected chi connectivity index (χ0v) is 9.59. The van der Waals surface area contributed by atoms with Crippen LogP contribution in [0.2, 0.25) is 0 Å². The second-order valence-electron chi connectivity index (χ2n) is 3.28. The summed E-state index contributed by atoms with van der Waals surface area (Å²) in [7, 11) is 0. The Labute approximate surface area is 104 Å². The normalized spacial score (nSPS) is 10.2. The van der Waals surface area contributed by atoms with Crippen molar-refractivity contribution >= 4 is 27.2 Å². The van der Waals surface area contributed by atoms with E-state index >= 15 is 0 Å². The van der Waals surface area contributed by atoms with Gasteiger partial charge in [0.2, 0.25) is 0 Å². The molecule has 2 N–H and O–H groups in total. The monoisotopic (exact) mass is 266 g/mol. The third kappa shape index (κ3) is 2.40. The van der Waals surface area contributed by atoms with Gasteiger partial charge in [0.25, 0.3) is 5.69 Å². The number of nitro groups is 2. The maximum Gasteiger partial charge on any atom is 0.345 e. The van der Waals surface area contributed by atoms with Crippen molar-refractivity contribution in [2.24, 2.45) is 0 Å². The van der Waals surface area contributed by atoms with Crippen molar-refractivity contribution in [1.29, 1.82) is 0 Å². The summed E-state index contributed by atoms with van der Waals surface area (Å²) in [5.41, 5.74) is 7.18. The number of thiazole rings is 1. The van der Waals surface area contributed by atoms with Gasteiger partial charge in [-0.1, -0.05) is 0 Å². The van der Waals surface area contributed by atoms with Crippen LogP contribution in [0.15, 0.2) is 24.4 Å². The highest BCUT2D eigenvalue weighted by Crippen LogP contribution is 2.42. The second kappa shape index (κ2) is 4.37. The first kappa shape index (κ1) is 11.9. The second-order valence-corrected chi connectivity index (χ2v) is 4.32. The molecule has 1 heterocycles. The van der Waals surface area contributed by atoms with E-state index in [0.29, 0.717) is 0 Å². The van der Waals surface area contributed by atoms with Gasteiger partial charge in [0.1, 0.15) is 6.20 Å². The van der Waals surface area contributed by atoms with E-state index in [9.17, 15) is 20.2 Å². The molecule has 92 valence electrons. The summed E-state index contributed by atoms with van der Waals surface area (Å²) in [5, 5.41) is 20.2. The maximum atomic E-state index is 10.1. The van der Waals surface area contributed by atoms with E-state index in [1.165, 1.54) is 6.07 Å². The number of nitro benzene ring substituents is 1. The smallest absolute Gasteiger partial charge is 0.345 e. The quantitative estimate of drug-likeness (QED) is 0.559. The Balaban J connectivity index is 0.000000134. The van der Waals surface area contributed by atoms with Crippen LogP contribution in [-0.2, 0) is 0 Å². The van der Waals surface area contributed by atoms with Crippen molar-refractivity contribution in [2.75, 3.05) is 5.73 Å². The Hall–Kier alpha value is -2.55. The highest BCUT2D eigenvalue weighted by atomic mass is 32.1. The van der Waals surface area contributed by atoms with Crippen molar-refractivity contribution < 1.29 is 9.85 Å². The van der Waals surface area contributed by atoms with Gasteiger partial charge in [0, 0.05) is 6.07 Å². The van der Waals surface area contributed by atoms with E-state index in [0.717, 1.165) is 28.7 Å². The number of nitrogens with two attached hydrogens (primary N) is 1. The van der Waals surface area contributed by atoms with Crippen LogP contribution in [0.3, 0.4) is 0 Å². The molecule has 0 saturated carbocycles. The van der Waals surface area contributed by atoms with Crippen LogP contribution in [-0.4, -0.2) is 14.8 Å². The molecule has 1 aromatic heterocycles. The van der Waals surface area contributed by atoms with Crippen LogP contribution in [0.5, 0.6) is 0 Å². The predicted octanol–water partition coefficient (Wildman–Crippen LogP) is 2.21. The highest BCUT2D eigenvalue weighted by molar-refractivity contribution is 7.18. The van der Waals surface area contributed by atoms with Gasteiger partial charge in [0.05, 0.1) is 15.4 Å². The molecule has 0 aliphatic heterocycles. The molecule has 18 heavy (non-hydrogen) atoms. The molecule has 3 rings (SSSR count). The predicted molar refractivity (Wildman–Crippen MR) is 65.3 cm³/mol. The van der Waals surface area contributed by atoms with E-state index < -0.39 is 4.92 Å². The summed E-state index contributed by atoms with van der Waals surface area (Å²) in [6, 6.07) is 5.09. The van der Waals surface area contributed by atoms with E-state index in [2.05, 4.69) is 4.98 Å². The van der Waals surface area contributed by atoms with Gasteiger partial charge in [-0.05, 0) is 29.0 Å². The highest BCUT2D eigenvalue weighted by Gasteiger charge is 2.24. The Morgan fingerprint density at radius 2 is 1.94 bits per heavy atom. The van der Waals surface area contributed by atoms with Gasteiger partial charge >= 0.3 is 5.00 Å². The van der Waals surface area contributed by atoms with E-state index in [-0.39, 0.29) is 20.7 Å². The molecule has 0 aromatic carbocycles. The zero-order valence-electron chi connectivity index (χ0n) is 8.77. The fraction of sp³-hybridized carbons (Fsp3) is 0. The number of benzene rings is 1. The van der Waals surface area contributed by atoms with Crippen LogP contribution in [0.4, 0.5) is 15.8 Å². The molecule has 2 aliphatic carbocycles. The topological polar surface area (TPSA) is 125 Å². The van der Waals surface area contributed by atoms with Crippen molar-refractivity contribution in [3.8, 4) is 11.1 Å². The SMILES string of the molecule is Nc1ncc([N+](=O)[O-])s1.O=[N+]([O-])c1ccc2cc1-2. The van der Waals surface area contributed by atoms with Crippen molar-refractivity contribution in [3.63, 3.8) is 0 Å². The molecule has 0 saturated heterocycles. The first-order chi connectivity index (χ1) is 8.49. The molecule has 8 nitrogen and oxygen atoms in total. The van der Waals surface area contributed by atoms with Crippen LogP contribution in [0.25, 0.3) is 11.1 Å². The molecule has 1 aromatic rings. The fourth-order valence-corrected chi connectivity index (χ4v) is 1.76. The number of hydrogen-bond donors (Lipinski definition) is 1. The standard InChI is InChI=1S/C6H3NO2.C3H3N3O2S/c8-7(9)6-2-1-4-3-5(4)6;4-3-5-1-2(9-3)6(7)8/h1-3H;1H,(H2,4,5). The number of nitrogens with zero attached hydrogens (tertiary/aromatic N) is 3. The first-order valence-corrected chi connectivity index (χ1v) is 5.45. The molecule has 0 bridgehead atoms. The summed E-state index contributed by atoms with van der Waals surface area (Å²) >= 11 is 0.863. The third-order valence-electron chi connectivity index (χ3n) is 2.11. The Morgan fingerprint density at radius 1 is 1.22 bits per heavy atom. The molecule has 0 spiro atoms. The molecular formula is C9H6N4O4S. The Morgan fingerprint density at radius 3 is 2.17 bits per heavy atom. The van der Waals surface area contributed by atoms with Crippen LogP contribution < -0.4 is 5.73 Å². The average Bonchev–Trinajstić information content (AvgIpc) is 2.75. The van der Waals surface area contributed by atoms with E-state index in [1.807, 2.05) is 0 Å². The van der Waals surface area contributed by atoms with Crippen molar-refractivity contribution in [3.05, 3.63) is 44.6 Å². The minimum atomic E-state index is -0.520. The summed E-state index contributed by atoms with van der Waals surface area (Å²) in [6.45, 7) is 0. The van der Waals surface area contributed by atoms with Gasteiger partial charge in [-0.25, -0.2) is 4.98 Å². The number of anilines is 1. The molecule has 0 amide bonds. The first-order valence-electron chi connectivity index (χ1n) is 4.63. The van der Waals surface area contributed by atoms with Gasteiger partial charge < -0.3 is 5.73 Å². The lowest BCUT2D eigenvalue weighted by Crippen LogP contribution is -1.82. The third-order valence-corrected chi connectivity index (χ3v) is 2.89. The van der Waals surface area contributed by atoms with Crippen LogP contribution in [0, 0.1) is 20.2 Å². The maximum absolute atomic E-state index is 10.1. The average molecular weight is 266 g/mol. The molecule has 0 fully saturated rings. The van der Waals surface area contributed by atoms with Gasteiger partial charge in [-0.15, -0.1) is 0 Å². The number of rotatable bonds is 2. The molecule has 0 atom stereocenters. The van der Waals surface area contributed by atoms with E-state index in [4.69, 9.17) is 5.73 Å². The van der Waals surface area contributed by atoms with Gasteiger partial charge in [-0.2, -0.15) is 0 Å².